The minimum absolute atomic E-state index is 0.0530. The molecule has 2 N–H and O–H groups in total. The third-order valence-electron chi connectivity index (χ3n) is 2.33. The lowest BCUT2D eigenvalue weighted by Crippen LogP contribution is -1.98. The number of nitrogens with zero attached hydrogens (tertiary/aromatic N) is 1. The van der Waals surface area contributed by atoms with E-state index in [1.54, 1.807) is 0 Å². The van der Waals surface area contributed by atoms with Crippen molar-refractivity contribution in [2.75, 3.05) is 0 Å². The lowest BCUT2D eigenvalue weighted by molar-refractivity contribution is -0.137. The summed E-state index contributed by atoms with van der Waals surface area (Å²) in [6, 6.07) is 0. The summed E-state index contributed by atoms with van der Waals surface area (Å²) in [5.41, 5.74) is 1.59. The van der Waals surface area contributed by atoms with E-state index in [1.807, 2.05) is 0 Å². The van der Waals surface area contributed by atoms with Crippen LogP contribution in [-0.4, -0.2) is 21.0 Å². The fourth-order valence-electron chi connectivity index (χ4n) is 1.49. The smallest absolute Gasteiger partial charge is 0.303 e. The number of hydrogen-bond acceptors (Lipinski definition) is 2. The monoisotopic (exact) mass is 502 g/mol. The number of aromatic nitrogens is 2. The van der Waals surface area contributed by atoms with Crippen LogP contribution in [0.1, 0.15) is 12.2 Å². The number of carboxylic acid groups (broad SMARTS) is 1. The third kappa shape index (κ3) is 2.66. The Morgan fingerprint density at radius 3 is 2.33 bits per heavy atom. The molecule has 0 radical (unpaired) electrons. The van der Waals surface area contributed by atoms with Crippen LogP contribution in [0, 0.1) is 0 Å². The average Bonchev–Trinajstić information content (AvgIpc) is 2.75. The van der Waals surface area contributed by atoms with Crippen molar-refractivity contribution < 1.29 is 9.90 Å². The number of halogens is 4. The molecule has 0 saturated carbocycles. The molecule has 0 bridgehead atoms. The normalized spacial score (nSPS) is 11.1. The van der Waals surface area contributed by atoms with Crippen molar-refractivity contribution >= 4 is 80.7 Å². The number of aryl methyl sites for hydroxylation is 1. The van der Waals surface area contributed by atoms with Gasteiger partial charge in [0.25, 0.3) is 0 Å². The second kappa shape index (κ2) is 5.60. The Balaban J connectivity index is 2.54. The Bertz CT molecular complexity index is 594. The molecule has 1 heterocycles. The Morgan fingerprint density at radius 2 is 1.72 bits per heavy atom. The van der Waals surface area contributed by atoms with Crippen LogP contribution < -0.4 is 0 Å². The quantitative estimate of drug-likeness (QED) is 0.472. The Kier molecular flexibility index (Phi) is 4.51. The predicted octanol–water partition coefficient (Wildman–Crippen LogP) is 4.63. The number of carboxylic acids is 1. The minimum Gasteiger partial charge on any atom is -0.481 e. The predicted molar refractivity (Wildman–Crippen MR) is 82.9 cm³/mol. The van der Waals surface area contributed by atoms with Crippen LogP contribution >= 0.6 is 63.7 Å². The zero-order valence-electron chi connectivity index (χ0n) is 8.73. The molecule has 0 fully saturated rings. The van der Waals surface area contributed by atoms with Crippen molar-refractivity contribution in [2.45, 2.75) is 12.8 Å². The summed E-state index contributed by atoms with van der Waals surface area (Å²) < 4.78 is 3.40. The highest BCUT2D eigenvalue weighted by Crippen LogP contribution is 2.42. The molecule has 2 aromatic rings. The van der Waals surface area contributed by atoms with Gasteiger partial charge in [0.05, 0.1) is 20.9 Å². The minimum atomic E-state index is -0.837. The molecule has 18 heavy (non-hydrogen) atoms. The summed E-state index contributed by atoms with van der Waals surface area (Å²) >= 11 is 13.8. The van der Waals surface area contributed by atoms with E-state index >= 15 is 0 Å². The number of H-pyrrole nitrogens is 1. The van der Waals surface area contributed by atoms with Gasteiger partial charge in [0.1, 0.15) is 11.3 Å². The summed E-state index contributed by atoms with van der Waals surface area (Å²) in [6.07, 6.45) is 0.426. The first-order valence-corrected chi connectivity index (χ1v) is 8.01. The van der Waals surface area contributed by atoms with Gasteiger partial charge in [-0.15, -0.1) is 0 Å². The van der Waals surface area contributed by atoms with Crippen molar-refractivity contribution in [3.63, 3.8) is 0 Å². The highest BCUT2D eigenvalue weighted by atomic mass is 79.9. The Hall–Kier alpha value is 0.0800. The van der Waals surface area contributed by atoms with E-state index in [9.17, 15) is 4.79 Å². The van der Waals surface area contributed by atoms with Crippen LogP contribution in [-0.2, 0) is 11.2 Å². The van der Waals surface area contributed by atoms with Crippen molar-refractivity contribution in [1.29, 1.82) is 0 Å². The first-order valence-electron chi connectivity index (χ1n) is 4.84. The van der Waals surface area contributed by atoms with Gasteiger partial charge in [-0.1, -0.05) is 0 Å². The Morgan fingerprint density at radius 1 is 1.11 bits per heavy atom. The highest BCUT2D eigenvalue weighted by molar-refractivity contribution is 9.15. The van der Waals surface area contributed by atoms with Crippen molar-refractivity contribution in [3.8, 4) is 0 Å². The molecule has 8 heteroatoms. The van der Waals surface area contributed by atoms with Gasteiger partial charge < -0.3 is 10.1 Å². The number of nitrogens with one attached hydrogen (secondary N) is 1. The molecule has 96 valence electrons. The van der Waals surface area contributed by atoms with Crippen LogP contribution in [0.3, 0.4) is 0 Å². The Labute approximate surface area is 136 Å². The maximum absolute atomic E-state index is 10.6. The molecular formula is C10H6Br4N2O2. The molecule has 0 amide bonds. The molecule has 0 saturated heterocycles. The number of aromatic amines is 1. The van der Waals surface area contributed by atoms with Crippen LogP contribution in [0.2, 0.25) is 0 Å². The lowest BCUT2D eigenvalue weighted by Gasteiger charge is -2.03. The molecule has 0 aliphatic carbocycles. The van der Waals surface area contributed by atoms with Gasteiger partial charge in [-0.05, 0) is 63.7 Å². The first kappa shape index (κ1) is 14.5. The molecule has 0 aliphatic heterocycles. The van der Waals surface area contributed by atoms with E-state index in [1.165, 1.54) is 0 Å². The summed E-state index contributed by atoms with van der Waals surface area (Å²) in [5, 5.41) is 8.67. The van der Waals surface area contributed by atoms with Gasteiger partial charge in [0.15, 0.2) is 0 Å². The molecular weight excluding hydrogens is 500 g/mol. The van der Waals surface area contributed by atoms with Gasteiger partial charge in [-0.3, -0.25) is 4.79 Å². The standard InChI is InChI=1S/C10H6Br4N2O2/c11-5-6(12)8(14)10-9(7(5)13)15-3(16-10)1-2-4(17)18/h1-2H2,(H,15,16)(H,17,18). The van der Waals surface area contributed by atoms with Gasteiger partial charge >= 0.3 is 5.97 Å². The van der Waals surface area contributed by atoms with E-state index in [4.69, 9.17) is 5.11 Å². The number of imidazole rings is 1. The number of rotatable bonds is 3. The average molecular weight is 506 g/mol. The zero-order valence-corrected chi connectivity index (χ0v) is 15.1. The zero-order chi connectivity index (χ0) is 13.4. The topological polar surface area (TPSA) is 66.0 Å². The molecule has 0 aliphatic rings. The second-order valence-corrected chi connectivity index (χ2v) is 6.73. The van der Waals surface area contributed by atoms with Gasteiger partial charge in [-0.25, -0.2) is 4.98 Å². The fraction of sp³-hybridized carbons (Fsp3) is 0.200. The summed E-state index contributed by atoms with van der Waals surface area (Å²) in [7, 11) is 0. The number of fused-ring (bicyclic) bond motifs is 1. The molecule has 2 rings (SSSR count). The molecule has 1 aromatic carbocycles. The fourth-order valence-corrected chi connectivity index (χ4v) is 3.78. The van der Waals surface area contributed by atoms with Gasteiger partial charge in [0, 0.05) is 15.4 Å². The molecule has 0 atom stereocenters. The number of benzene rings is 1. The lowest BCUT2D eigenvalue weighted by atomic mass is 10.3. The summed E-state index contributed by atoms with van der Waals surface area (Å²) in [6.45, 7) is 0. The first-order chi connectivity index (χ1) is 8.41. The summed E-state index contributed by atoms with van der Waals surface area (Å²) in [5.74, 6) is -0.185. The van der Waals surface area contributed by atoms with E-state index in [0.717, 1.165) is 28.9 Å². The number of aliphatic carboxylic acids is 1. The maximum atomic E-state index is 10.6. The number of hydrogen-bond donors (Lipinski definition) is 2. The van der Waals surface area contributed by atoms with Crippen LogP contribution in [0.25, 0.3) is 11.0 Å². The van der Waals surface area contributed by atoms with Crippen molar-refractivity contribution in [1.82, 2.24) is 9.97 Å². The van der Waals surface area contributed by atoms with Crippen LogP contribution in [0.4, 0.5) is 0 Å². The van der Waals surface area contributed by atoms with E-state index in [0.29, 0.717) is 12.2 Å². The largest absolute Gasteiger partial charge is 0.481 e. The second-order valence-electron chi connectivity index (χ2n) is 3.56. The van der Waals surface area contributed by atoms with Crippen LogP contribution in [0.5, 0.6) is 0 Å². The molecule has 1 aromatic heterocycles. The molecule has 4 nitrogen and oxygen atoms in total. The van der Waals surface area contributed by atoms with Crippen molar-refractivity contribution in [3.05, 3.63) is 23.7 Å². The van der Waals surface area contributed by atoms with Crippen LogP contribution in [0.15, 0.2) is 17.9 Å². The molecule has 0 spiro atoms. The van der Waals surface area contributed by atoms with E-state index in [-0.39, 0.29) is 6.42 Å². The summed E-state index contributed by atoms with van der Waals surface area (Å²) in [4.78, 5) is 18.1. The third-order valence-corrected chi connectivity index (χ3v) is 7.08. The van der Waals surface area contributed by atoms with Crippen molar-refractivity contribution in [2.24, 2.45) is 0 Å². The van der Waals surface area contributed by atoms with E-state index < -0.39 is 5.97 Å². The maximum Gasteiger partial charge on any atom is 0.303 e. The SMILES string of the molecule is O=C(O)CCc1nc2c(Br)c(Br)c(Br)c(Br)c2[nH]1. The van der Waals surface area contributed by atoms with Gasteiger partial charge in [0.2, 0.25) is 0 Å². The van der Waals surface area contributed by atoms with E-state index in [2.05, 4.69) is 73.7 Å². The van der Waals surface area contributed by atoms with Gasteiger partial charge in [-0.2, -0.15) is 0 Å². The highest BCUT2D eigenvalue weighted by Gasteiger charge is 2.17. The number of carbonyl (C=O) groups is 1. The molecule has 0 unspecified atom stereocenters.